The van der Waals surface area contributed by atoms with Gasteiger partial charge in [-0.1, -0.05) is 24.3 Å². The van der Waals surface area contributed by atoms with Gasteiger partial charge in [0.1, 0.15) is 18.2 Å². The van der Waals surface area contributed by atoms with E-state index in [0.29, 0.717) is 5.92 Å². The summed E-state index contributed by atoms with van der Waals surface area (Å²) in [6.07, 6.45) is 4.31. The molecule has 1 aromatic carbocycles. The monoisotopic (exact) mass is 322 g/mol. The molecular formula is C19H22N4O. The molecule has 5 nitrogen and oxygen atoms in total. The van der Waals surface area contributed by atoms with Gasteiger partial charge in [-0.2, -0.15) is 0 Å². The van der Waals surface area contributed by atoms with E-state index >= 15 is 0 Å². The lowest BCUT2D eigenvalue weighted by molar-refractivity contribution is 0.171. The third-order valence-corrected chi connectivity index (χ3v) is 4.71. The van der Waals surface area contributed by atoms with Crippen molar-refractivity contribution in [3.63, 3.8) is 0 Å². The molecule has 4 rings (SSSR count). The lowest BCUT2D eigenvalue weighted by Gasteiger charge is -2.31. The molecule has 0 spiro atoms. The maximum atomic E-state index is 5.80. The standard InChI is InChI=1S/C19H22N4O/c1-2-6-17(7-3-1)24-15-14-22-12-9-16(10-13-22)19-21-20-18-8-4-5-11-23(18)19/h1-8,11,16H,9-10,12-15H2. The molecule has 0 saturated carbocycles. The van der Waals surface area contributed by atoms with Gasteiger partial charge in [-0.25, -0.2) is 0 Å². The van der Waals surface area contributed by atoms with Crippen LogP contribution >= 0.6 is 0 Å². The highest BCUT2D eigenvalue weighted by molar-refractivity contribution is 5.37. The van der Waals surface area contributed by atoms with Gasteiger partial charge in [0.25, 0.3) is 0 Å². The van der Waals surface area contributed by atoms with Gasteiger partial charge in [0, 0.05) is 18.7 Å². The highest BCUT2D eigenvalue weighted by Gasteiger charge is 2.24. The Morgan fingerprint density at radius 1 is 0.958 bits per heavy atom. The number of ether oxygens (including phenoxy) is 1. The van der Waals surface area contributed by atoms with Crippen LogP contribution in [0.15, 0.2) is 54.7 Å². The Morgan fingerprint density at radius 3 is 2.58 bits per heavy atom. The van der Waals surface area contributed by atoms with Crippen LogP contribution in [-0.4, -0.2) is 45.7 Å². The number of aromatic nitrogens is 3. The van der Waals surface area contributed by atoms with Crippen LogP contribution in [0.3, 0.4) is 0 Å². The van der Waals surface area contributed by atoms with Gasteiger partial charge in [-0.05, 0) is 50.2 Å². The second-order valence-electron chi connectivity index (χ2n) is 6.26. The van der Waals surface area contributed by atoms with Crippen molar-refractivity contribution < 1.29 is 4.74 Å². The molecule has 1 aliphatic rings. The molecule has 0 bridgehead atoms. The van der Waals surface area contributed by atoms with Gasteiger partial charge >= 0.3 is 0 Å². The Bertz CT molecular complexity index is 778. The quantitative estimate of drug-likeness (QED) is 0.724. The molecule has 3 heterocycles. The number of piperidine rings is 1. The second kappa shape index (κ2) is 7.01. The van der Waals surface area contributed by atoms with Gasteiger partial charge in [-0.15, -0.1) is 10.2 Å². The second-order valence-corrected chi connectivity index (χ2v) is 6.26. The minimum Gasteiger partial charge on any atom is -0.492 e. The topological polar surface area (TPSA) is 42.7 Å². The minimum absolute atomic E-state index is 0.494. The summed E-state index contributed by atoms with van der Waals surface area (Å²) in [5, 5.41) is 8.69. The van der Waals surface area contributed by atoms with Crippen LogP contribution in [0.25, 0.3) is 5.65 Å². The number of fused-ring (bicyclic) bond motifs is 1. The Hall–Kier alpha value is -2.40. The van der Waals surface area contributed by atoms with Crippen LogP contribution in [0.1, 0.15) is 24.6 Å². The average molecular weight is 322 g/mol. The first kappa shape index (κ1) is 15.1. The van der Waals surface area contributed by atoms with Gasteiger partial charge in [-0.3, -0.25) is 9.30 Å². The molecule has 3 aromatic rings. The summed E-state index contributed by atoms with van der Waals surface area (Å²) in [5.74, 6) is 2.54. The fourth-order valence-electron chi connectivity index (χ4n) is 3.36. The predicted octanol–water partition coefficient (Wildman–Crippen LogP) is 2.99. The van der Waals surface area contributed by atoms with Crippen molar-refractivity contribution in [3.8, 4) is 5.75 Å². The third-order valence-electron chi connectivity index (χ3n) is 4.71. The van der Waals surface area contributed by atoms with E-state index in [4.69, 9.17) is 4.74 Å². The van der Waals surface area contributed by atoms with Crippen molar-refractivity contribution in [2.24, 2.45) is 0 Å². The third kappa shape index (κ3) is 3.26. The zero-order valence-corrected chi connectivity index (χ0v) is 13.7. The first-order chi connectivity index (χ1) is 11.9. The van der Waals surface area contributed by atoms with E-state index in [-0.39, 0.29) is 0 Å². The van der Waals surface area contributed by atoms with Crippen LogP contribution in [-0.2, 0) is 0 Å². The summed E-state index contributed by atoms with van der Waals surface area (Å²) in [4.78, 5) is 2.47. The molecule has 5 heteroatoms. The SMILES string of the molecule is c1ccc(OCCN2CCC(c3nnc4ccccn34)CC2)cc1. The molecule has 1 saturated heterocycles. The highest BCUT2D eigenvalue weighted by atomic mass is 16.5. The van der Waals surface area contributed by atoms with Crippen molar-refractivity contribution in [1.29, 1.82) is 0 Å². The maximum Gasteiger partial charge on any atom is 0.160 e. The van der Waals surface area contributed by atoms with E-state index in [9.17, 15) is 0 Å². The number of pyridine rings is 1. The van der Waals surface area contributed by atoms with Crippen molar-refractivity contribution in [2.45, 2.75) is 18.8 Å². The number of likely N-dealkylation sites (tertiary alicyclic amines) is 1. The van der Waals surface area contributed by atoms with Crippen LogP contribution in [0.4, 0.5) is 0 Å². The molecule has 24 heavy (non-hydrogen) atoms. The van der Waals surface area contributed by atoms with E-state index < -0.39 is 0 Å². The van der Waals surface area contributed by atoms with Crippen LogP contribution in [0.2, 0.25) is 0 Å². The molecular weight excluding hydrogens is 300 g/mol. The summed E-state index contributed by atoms with van der Waals surface area (Å²) in [5.41, 5.74) is 0.936. The van der Waals surface area contributed by atoms with Gasteiger partial charge in [0.2, 0.25) is 0 Å². The maximum absolute atomic E-state index is 5.80. The number of para-hydroxylation sites is 1. The van der Waals surface area contributed by atoms with E-state index in [1.54, 1.807) is 0 Å². The normalized spacial score (nSPS) is 16.5. The number of hydrogen-bond acceptors (Lipinski definition) is 4. The Kier molecular flexibility index (Phi) is 4.42. The van der Waals surface area contributed by atoms with E-state index in [1.165, 1.54) is 0 Å². The van der Waals surface area contributed by atoms with Gasteiger partial charge in [0.15, 0.2) is 5.65 Å². The number of nitrogens with zero attached hydrogens (tertiary/aromatic N) is 4. The minimum atomic E-state index is 0.494. The Morgan fingerprint density at radius 2 is 1.75 bits per heavy atom. The predicted molar refractivity (Wildman–Crippen MR) is 93.3 cm³/mol. The molecule has 1 aliphatic heterocycles. The van der Waals surface area contributed by atoms with Crippen LogP contribution in [0, 0.1) is 0 Å². The molecule has 0 amide bonds. The zero-order chi connectivity index (χ0) is 16.2. The van der Waals surface area contributed by atoms with Gasteiger partial charge < -0.3 is 4.74 Å². The molecule has 0 atom stereocenters. The smallest absolute Gasteiger partial charge is 0.160 e. The van der Waals surface area contributed by atoms with E-state index in [0.717, 1.165) is 56.3 Å². The molecule has 0 N–H and O–H groups in total. The average Bonchev–Trinajstić information content (AvgIpc) is 3.07. The summed E-state index contributed by atoms with van der Waals surface area (Å²) < 4.78 is 7.92. The van der Waals surface area contributed by atoms with Crippen molar-refractivity contribution in [3.05, 3.63) is 60.6 Å². The molecule has 124 valence electrons. The van der Waals surface area contributed by atoms with Gasteiger partial charge in [0.05, 0.1) is 0 Å². The highest BCUT2D eigenvalue weighted by Crippen LogP contribution is 2.26. The zero-order valence-electron chi connectivity index (χ0n) is 13.7. The van der Waals surface area contributed by atoms with Crippen LogP contribution in [0.5, 0.6) is 5.75 Å². The summed E-state index contributed by atoms with van der Waals surface area (Å²) in [7, 11) is 0. The molecule has 1 fully saturated rings. The largest absolute Gasteiger partial charge is 0.492 e. The number of benzene rings is 1. The molecule has 0 aliphatic carbocycles. The summed E-state index contributed by atoms with van der Waals surface area (Å²) >= 11 is 0. The summed E-state index contributed by atoms with van der Waals surface area (Å²) in [6, 6.07) is 16.1. The van der Waals surface area contributed by atoms with Crippen molar-refractivity contribution >= 4 is 5.65 Å². The number of hydrogen-bond donors (Lipinski definition) is 0. The lowest BCUT2D eigenvalue weighted by Crippen LogP contribution is -2.36. The fraction of sp³-hybridized carbons (Fsp3) is 0.368. The molecule has 2 aromatic heterocycles. The lowest BCUT2D eigenvalue weighted by atomic mass is 9.96. The molecule has 0 unspecified atom stereocenters. The Balaban J connectivity index is 1.29. The van der Waals surface area contributed by atoms with Crippen molar-refractivity contribution in [2.75, 3.05) is 26.2 Å². The molecule has 0 radical (unpaired) electrons. The van der Waals surface area contributed by atoms with E-state index in [1.807, 2.05) is 48.5 Å². The van der Waals surface area contributed by atoms with Crippen molar-refractivity contribution in [1.82, 2.24) is 19.5 Å². The van der Waals surface area contributed by atoms with E-state index in [2.05, 4.69) is 25.7 Å². The first-order valence-electron chi connectivity index (χ1n) is 8.60. The summed E-state index contributed by atoms with van der Waals surface area (Å²) in [6.45, 7) is 3.89. The first-order valence-corrected chi connectivity index (χ1v) is 8.60. The number of rotatable bonds is 5. The van der Waals surface area contributed by atoms with Crippen LogP contribution < -0.4 is 4.74 Å². The Labute approximate surface area is 141 Å². The fourth-order valence-corrected chi connectivity index (χ4v) is 3.36.